The van der Waals surface area contributed by atoms with Gasteiger partial charge in [0, 0.05) is 0 Å². The summed E-state index contributed by atoms with van der Waals surface area (Å²) >= 11 is 0. The highest BCUT2D eigenvalue weighted by Gasteiger charge is 1.93. The van der Waals surface area contributed by atoms with E-state index >= 15 is 0 Å². The van der Waals surface area contributed by atoms with Crippen molar-refractivity contribution in [3.63, 3.8) is 0 Å². The quantitative estimate of drug-likeness (QED) is 0.439. The lowest BCUT2D eigenvalue weighted by Crippen LogP contribution is -3.06. The van der Waals surface area contributed by atoms with Gasteiger partial charge in [0.25, 0.3) is 0 Å². The van der Waals surface area contributed by atoms with E-state index < -0.39 is 0 Å². The van der Waals surface area contributed by atoms with E-state index in [0.29, 0.717) is 5.06 Å². The number of hydrogen-bond acceptors (Lipinski definition) is 1. The first-order valence-corrected chi connectivity index (χ1v) is 5.33. The predicted octanol–water partition coefficient (Wildman–Crippen LogP) is 1.75. The Morgan fingerprint density at radius 2 is 1.50 bits per heavy atom. The van der Waals surface area contributed by atoms with Gasteiger partial charge in [0.1, 0.15) is 0 Å². The number of unbranched alkanes of at least 4 members (excludes halogenated alkanes) is 5. The molecule has 0 aromatic carbocycles. The maximum absolute atomic E-state index is 10.9. The fourth-order valence-corrected chi connectivity index (χ4v) is 1.28. The van der Waals surface area contributed by atoms with Gasteiger partial charge in [-0.1, -0.05) is 32.6 Å². The van der Waals surface area contributed by atoms with Crippen LogP contribution >= 0.6 is 0 Å². The molecule has 1 unspecified atom stereocenters. The van der Waals surface area contributed by atoms with E-state index in [0.717, 1.165) is 19.5 Å². The molecule has 0 fully saturated rings. The third-order valence-electron chi connectivity index (χ3n) is 2.20. The monoisotopic (exact) mass is 173 g/mol. The molecule has 0 bridgehead atoms. The molecule has 0 amide bonds. The first-order chi connectivity index (χ1) is 5.81. The van der Waals surface area contributed by atoms with Crippen molar-refractivity contribution in [2.45, 2.75) is 52.4 Å². The lowest BCUT2D eigenvalue weighted by Gasteiger charge is -2.19. The molecule has 1 N–H and O–H groups in total. The largest absolute Gasteiger partial charge is 0.634 e. The summed E-state index contributed by atoms with van der Waals surface area (Å²) in [6.45, 7) is 5.69. The van der Waals surface area contributed by atoms with Crippen molar-refractivity contribution in [2.75, 3.05) is 13.1 Å². The number of hydroxylamine groups is 2. The summed E-state index contributed by atoms with van der Waals surface area (Å²) in [6.07, 6.45) is 7.65. The van der Waals surface area contributed by atoms with Gasteiger partial charge in [0.05, 0.1) is 13.1 Å². The van der Waals surface area contributed by atoms with Crippen molar-refractivity contribution >= 4 is 0 Å². The minimum Gasteiger partial charge on any atom is -0.634 e. The summed E-state index contributed by atoms with van der Waals surface area (Å²) in [5, 5.41) is 11.3. The summed E-state index contributed by atoms with van der Waals surface area (Å²) in [7, 11) is 0. The Morgan fingerprint density at radius 1 is 0.917 bits per heavy atom. The van der Waals surface area contributed by atoms with Gasteiger partial charge in [-0.25, -0.2) is 0 Å². The molecule has 1 atom stereocenters. The standard InChI is InChI=1S/C10H23NO/c1-3-5-6-7-8-9-10-11(12)4-2/h11H,3-10H2,1-2H3. The number of nitrogens with one attached hydrogen (secondary N) is 1. The van der Waals surface area contributed by atoms with Crippen LogP contribution in [0, 0.1) is 5.21 Å². The number of rotatable bonds is 8. The Balaban J connectivity index is 2.90. The van der Waals surface area contributed by atoms with E-state index in [-0.39, 0.29) is 0 Å². The van der Waals surface area contributed by atoms with Crippen molar-refractivity contribution in [3.05, 3.63) is 5.21 Å². The molecule has 0 saturated carbocycles. The highest BCUT2D eigenvalue weighted by Crippen LogP contribution is 2.03. The Morgan fingerprint density at radius 3 is 2.08 bits per heavy atom. The molecule has 0 aromatic rings. The van der Waals surface area contributed by atoms with Crippen LogP contribution in [0.3, 0.4) is 0 Å². The van der Waals surface area contributed by atoms with Crippen molar-refractivity contribution < 1.29 is 5.06 Å². The van der Waals surface area contributed by atoms with Crippen LogP contribution in [0.15, 0.2) is 0 Å². The van der Waals surface area contributed by atoms with Crippen molar-refractivity contribution in [3.8, 4) is 0 Å². The van der Waals surface area contributed by atoms with Crippen molar-refractivity contribution in [1.29, 1.82) is 0 Å². The third-order valence-corrected chi connectivity index (χ3v) is 2.20. The van der Waals surface area contributed by atoms with Gasteiger partial charge in [0.15, 0.2) is 0 Å². The summed E-state index contributed by atoms with van der Waals surface area (Å²) < 4.78 is 0. The normalized spacial score (nSPS) is 13.2. The fraction of sp³-hybridized carbons (Fsp3) is 1.00. The Hall–Kier alpha value is -0.0800. The van der Waals surface area contributed by atoms with Gasteiger partial charge < -0.3 is 10.3 Å². The maximum atomic E-state index is 10.9. The second-order valence-corrected chi connectivity index (χ2v) is 3.41. The molecule has 0 aliphatic carbocycles. The molecular formula is C10H23NO. The van der Waals surface area contributed by atoms with Crippen LogP contribution < -0.4 is 5.06 Å². The van der Waals surface area contributed by atoms with E-state index in [1.807, 2.05) is 6.92 Å². The smallest absolute Gasteiger partial charge is 0.0768 e. The van der Waals surface area contributed by atoms with E-state index in [2.05, 4.69) is 6.92 Å². The van der Waals surface area contributed by atoms with Crippen LogP contribution in [0.2, 0.25) is 0 Å². The van der Waals surface area contributed by atoms with Crippen molar-refractivity contribution in [1.82, 2.24) is 0 Å². The second-order valence-electron chi connectivity index (χ2n) is 3.41. The topological polar surface area (TPSA) is 27.5 Å². The van der Waals surface area contributed by atoms with Gasteiger partial charge >= 0.3 is 0 Å². The summed E-state index contributed by atoms with van der Waals surface area (Å²) in [5.74, 6) is 0. The van der Waals surface area contributed by atoms with Crippen LogP contribution in [-0.4, -0.2) is 13.1 Å². The molecule has 0 saturated heterocycles. The van der Waals surface area contributed by atoms with E-state index in [9.17, 15) is 5.21 Å². The molecule has 0 aromatic heterocycles. The minimum absolute atomic E-state index is 0.422. The Kier molecular flexibility index (Phi) is 8.95. The molecule has 0 rings (SSSR count). The first-order valence-electron chi connectivity index (χ1n) is 5.33. The molecule has 0 radical (unpaired) electrons. The summed E-state index contributed by atoms with van der Waals surface area (Å²) in [4.78, 5) is 0. The Labute approximate surface area is 76.5 Å². The fourth-order valence-electron chi connectivity index (χ4n) is 1.28. The molecule has 2 heteroatoms. The zero-order valence-electron chi connectivity index (χ0n) is 8.57. The van der Waals surface area contributed by atoms with Gasteiger partial charge in [-0.2, -0.15) is 0 Å². The molecule has 0 aliphatic heterocycles. The molecular weight excluding hydrogens is 150 g/mol. The lowest BCUT2D eigenvalue weighted by atomic mass is 10.1. The van der Waals surface area contributed by atoms with Gasteiger partial charge in [-0.3, -0.25) is 0 Å². The van der Waals surface area contributed by atoms with Crippen LogP contribution in [0.5, 0.6) is 0 Å². The van der Waals surface area contributed by atoms with Crippen LogP contribution in [0.25, 0.3) is 0 Å². The average Bonchev–Trinajstić information content (AvgIpc) is 2.10. The highest BCUT2D eigenvalue weighted by molar-refractivity contribution is 4.42. The van der Waals surface area contributed by atoms with E-state index in [1.54, 1.807) is 0 Å². The van der Waals surface area contributed by atoms with Crippen LogP contribution in [0.1, 0.15) is 52.4 Å². The zero-order chi connectivity index (χ0) is 9.23. The molecule has 0 spiro atoms. The molecule has 74 valence electrons. The number of hydrogen-bond donors (Lipinski definition) is 1. The highest BCUT2D eigenvalue weighted by atomic mass is 16.5. The first kappa shape index (κ1) is 11.9. The van der Waals surface area contributed by atoms with Gasteiger partial charge in [-0.05, 0) is 19.8 Å². The second kappa shape index (κ2) is 9.01. The van der Waals surface area contributed by atoms with E-state index in [4.69, 9.17) is 0 Å². The summed E-state index contributed by atoms with van der Waals surface area (Å²) in [6, 6.07) is 0. The van der Waals surface area contributed by atoms with E-state index in [1.165, 1.54) is 32.1 Å². The summed E-state index contributed by atoms with van der Waals surface area (Å²) in [5.41, 5.74) is 0. The average molecular weight is 173 g/mol. The SMILES string of the molecule is CCCCCCCC[NH+]([O-])CC. The minimum atomic E-state index is 0.422. The zero-order valence-corrected chi connectivity index (χ0v) is 8.57. The maximum Gasteiger partial charge on any atom is 0.0768 e. The molecule has 12 heavy (non-hydrogen) atoms. The molecule has 2 nitrogen and oxygen atoms in total. The van der Waals surface area contributed by atoms with Gasteiger partial charge in [0.2, 0.25) is 0 Å². The lowest BCUT2D eigenvalue weighted by molar-refractivity contribution is -0.846. The van der Waals surface area contributed by atoms with Crippen LogP contribution in [-0.2, 0) is 0 Å². The molecule has 0 aliphatic rings. The Bertz CT molecular complexity index is 85.9. The predicted molar refractivity (Wildman–Crippen MR) is 53.1 cm³/mol. The van der Waals surface area contributed by atoms with Crippen molar-refractivity contribution in [2.24, 2.45) is 0 Å². The molecule has 0 heterocycles. The number of quaternary nitrogens is 1. The van der Waals surface area contributed by atoms with Crippen LogP contribution in [0.4, 0.5) is 0 Å². The third kappa shape index (κ3) is 8.02. The van der Waals surface area contributed by atoms with Gasteiger partial charge in [-0.15, -0.1) is 0 Å².